The lowest BCUT2D eigenvalue weighted by molar-refractivity contribution is 0.0317. The lowest BCUT2D eigenvalue weighted by Crippen LogP contribution is -2.33. The molecule has 1 aliphatic heterocycles. The second-order valence-corrected chi connectivity index (χ2v) is 5.97. The number of halogens is 2. The summed E-state index contributed by atoms with van der Waals surface area (Å²) in [6.45, 7) is 3.11. The van der Waals surface area contributed by atoms with Crippen LogP contribution in [0.15, 0.2) is 22.7 Å². The van der Waals surface area contributed by atoms with Crippen LogP contribution in [0, 0.1) is 5.82 Å². The smallest absolute Gasteiger partial charge is 0.254 e. The van der Waals surface area contributed by atoms with E-state index in [1.807, 2.05) is 0 Å². The molecule has 0 aliphatic carbocycles. The van der Waals surface area contributed by atoms with Gasteiger partial charge in [0.2, 0.25) is 0 Å². The summed E-state index contributed by atoms with van der Waals surface area (Å²) in [7, 11) is 0. The van der Waals surface area contributed by atoms with Crippen molar-refractivity contribution in [3.05, 3.63) is 34.1 Å². The molecule has 2 N–H and O–H groups in total. The molecule has 1 heterocycles. The first kappa shape index (κ1) is 16.4. The zero-order valence-electron chi connectivity index (χ0n) is 11.8. The van der Waals surface area contributed by atoms with Crippen molar-refractivity contribution in [2.75, 3.05) is 26.2 Å². The maximum absolute atomic E-state index is 13.5. The van der Waals surface area contributed by atoms with E-state index in [-0.39, 0.29) is 5.56 Å². The number of hydrogen-bond donors (Lipinski definition) is 2. The molecule has 0 bridgehead atoms. The van der Waals surface area contributed by atoms with Crippen molar-refractivity contribution in [1.29, 1.82) is 0 Å². The Bertz CT molecular complexity index is 479. The van der Waals surface area contributed by atoms with E-state index in [0.717, 1.165) is 32.4 Å². The molecule has 0 atom stereocenters. The molecule has 0 aromatic heterocycles. The first-order valence-corrected chi connectivity index (χ1v) is 8.01. The van der Waals surface area contributed by atoms with Crippen LogP contribution in [0.4, 0.5) is 4.39 Å². The average molecular weight is 359 g/mol. The summed E-state index contributed by atoms with van der Waals surface area (Å²) in [5.41, 5.74) is 0.0589. The lowest BCUT2D eigenvalue weighted by Gasteiger charge is -2.22. The summed E-state index contributed by atoms with van der Waals surface area (Å²) in [5, 5.41) is 6.00. The summed E-state index contributed by atoms with van der Waals surface area (Å²) in [6.07, 6.45) is 3.13. The van der Waals surface area contributed by atoms with Gasteiger partial charge in [0.05, 0.1) is 11.7 Å². The Morgan fingerprint density at radius 1 is 1.43 bits per heavy atom. The summed E-state index contributed by atoms with van der Waals surface area (Å²) in [6, 6.07) is 4.33. The van der Waals surface area contributed by atoms with Crippen molar-refractivity contribution >= 4 is 21.8 Å². The molecule has 1 aliphatic rings. The van der Waals surface area contributed by atoms with Gasteiger partial charge in [-0.05, 0) is 50.6 Å². The maximum atomic E-state index is 13.5. The van der Waals surface area contributed by atoms with Gasteiger partial charge in [0.25, 0.3) is 5.91 Å². The van der Waals surface area contributed by atoms with Crippen molar-refractivity contribution in [1.82, 2.24) is 10.6 Å². The number of carbonyl (C=O) groups excluding carboxylic acids is 1. The van der Waals surface area contributed by atoms with Crippen molar-refractivity contribution in [3.8, 4) is 0 Å². The number of ether oxygens (including phenoxy) is 1. The zero-order valence-corrected chi connectivity index (χ0v) is 13.4. The van der Waals surface area contributed by atoms with Crippen LogP contribution in [-0.2, 0) is 4.74 Å². The minimum Gasteiger partial charge on any atom is -0.378 e. The highest BCUT2D eigenvalue weighted by molar-refractivity contribution is 9.10. The van der Waals surface area contributed by atoms with E-state index in [4.69, 9.17) is 4.74 Å². The van der Waals surface area contributed by atoms with E-state index in [0.29, 0.717) is 23.7 Å². The van der Waals surface area contributed by atoms with E-state index in [2.05, 4.69) is 26.6 Å². The van der Waals surface area contributed by atoms with E-state index in [1.54, 1.807) is 6.07 Å². The standard InChI is InChI=1S/C15H20BrFN2O2/c16-11-2-3-14(17)13(10-11)15(20)19-6-1-9-21-12-4-7-18-8-5-12/h2-3,10,12,18H,1,4-9H2,(H,19,20). The van der Waals surface area contributed by atoms with Gasteiger partial charge in [-0.3, -0.25) is 4.79 Å². The SMILES string of the molecule is O=C(NCCCOC1CCNCC1)c1cc(Br)ccc1F. The van der Waals surface area contributed by atoms with Gasteiger partial charge in [-0.1, -0.05) is 15.9 Å². The van der Waals surface area contributed by atoms with Crippen LogP contribution in [0.1, 0.15) is 29.6 Å². The second kappa shape index (κ2) is 8.46. The number of amides is 1. The van der Waals surface area contributed by atoms with E-state index in [1.165, 1.54) is 12.1 Å². The van der Waals surface area contributed by atoms with Crippen LogP contribution in [-0.4, -0.2) is 38.3 Å². The Hall–Kier alpha value is -0.980. The Labute approximate surface area is 132 Å². The van der Waals surface area contributed by atoms with Crippen molar-refractivity contribution in [2.45, 2.75) is 25.4 Å². The molecule has 21 heavy (non-hydrogen) atoms. The third-order valence-electron chi connectivity index (χ3n) is 3.42. The molecule has 4 nitrogen and oxygen atoms in total. The fraction of sp³-hybridized carbons (Fsp3) is 0.533. The molecule has 0 unspecified atom stereocenters. The Morgan fingerprint density at radius 2 is 2.19 bits per heavy atom. The predicted octanol–water partition coefficient (Wildman–Crippen LogP) is 2.48. The molecule has 1 saturated heterocycles. The normalized spacial score (nSPS) is 15.9. The van der Waals surface area contributed by atoms with Crippen molar-refractivity contribution < 1.29 is 13.9 Å². The van der Waals surface area contributed by atoms with Gasteiger partial charge < -0.3 is 15.4 Å². The number of hydrogen-bond acceptors (Lipinski definition) is 3. The van der Waals surface area contributed by atoms with Crippen LogP contribution in [0.3, 0.4) is 0 Å². The molecular weight excluding hydrogens is 339 g/mol. The van der Waals surface area contributed by atoms with Gasteiger partial charge >= 0.3 is 0 Å². The quantitative estimate of drug-likeness (QED) is 0.768. The summed E-state index contributed by atoms with van der Waals surface area (Å²) in [5.74, 6) is -0.905. The molecule has 1 aromatic rings. The molecule has 1 amide bonds. The Balaban J connectivity index is 1.66. The van der Waals surface area contributed by atoms with Gasteiger partial charge in [0.1, 0.15) is 5.82 Å². The predicted molar refractivity (Wildman–Crippen MR) is 82.9 cm³/mol. The second-order valence-electron chi connectivity index (χ2n) is 5.05. The minimum absolute atomic E-state index is 0.0589. The number of rotatable bonds is 6. The largest absolute Gasteiger partial charge is 0.378 e. The van der Waals surface area contributed by atoms with Crippen LogP contribution in [0.2, 0.25) is 0 Å². The maximum Gasteiger partial charge on any atom is 0.254 e. The average Bonchev–Trinajstić information content (AvgIpc) is 2.50. The molecule has 1 aromatic carbocycles. The molecule has 116 valence electrons. The summed E-state index contributed by atoms with van der Waals surface area (Å²) >= 11 is 3.23. The number of carbonyl (C=O) groups is 1. The van der Waals surface area contributed by atoms with Gasteiger partial charge in [-0.2, -0.15) is 0 Å². The highest BCUT2D eigenvalue weighted by atomic mass is 79.9. The molecular formula is C15H20BrFN2O2. The molecule has 0 radical (unpaired) electrons. The van der Waals surface area contributed by atoms with Gasteiger partial charge in [0.15, 0.2) is 0 Å². The number of benzene rings is 1. The van der Waals surface area contributed by atoms with Crippen molar-refractivity contribution in [3.63, 3.8) is 0 Å². The zero-order chi connectivity index (χ0) is 15.1. The highest BCUT2D eigenvalue weighted by Gasteiger charge is 2.13. The van der Waals surface area contributed by atoms with Crippen LogP contribution in [0.5, 0.6) is 0 Å². The summed E-state index contributed by atoms with van der Waals surface area (Å²) in [4.78, 5) is 11.9. The van der Waals surface area contributed by atoms with E-state index < -0.39 is 11.7 Å². The topological polar surface area (TPSA) is 50.4 Å². The van der Waals surface area contributed by atoms with Crippen LogP contribution >= 0.6 is 15.9 Å². The third kappa shape index (κ3) is 5.37. The van der Waals surface area contributed by atoms with Gasteiger partial charge in [-0.15, -0.1) is 0 Å². The summed E-state index contributed by atoms with van der Waals surface area (Å²) < 4.78 is 19.9. The Kier molecular flexibility index (Phi) is 6.60. The van der Waals surface area contributed by atoms with Gasteiger partial charge in [0, 0.05) is 17.6 Å². The van der Waals surface area contributed by atoms with Gasteiger partial charge in [-0.25, -0.2) is 4.39 Å². The van der Waals surface area contributed by atoms with Crippen LogP contribution < -0.4 is 10.6 Å². The monoisotopic (exact) mass is 358 g/mol. The lowest BCUT2D eigenvalue weighted by atomic mass is 10.1. The first-order valence-electron chi connectivity index (χ1n) is 7.22. The molecule has 0 saturated carbocycles. The fourth-order valence-electron chi connectivity index (χ4n) is 2.25. The number of nitrogens with one attached hydrogen (secondary N) is 2. The Morgan fingerprint density at radius 3 is 2.95 bits per heavy atom. The van der Waals surface area contributed by atoms with Crippen LogP contribution in [0.25, 0.3) is 0 Å². The molecule has 6 heteroatoms. The van der Waals surface area contributed by atoms with Crippen molar-refractivity contribution in [2.24, 2.45) is 0 Å². The highest BCUT2D eigenvalue weighted by Crippen LogP contribution is 2.15. The molecule has 2 rings (SSSR count). The first-order chi connectivity index (χ1) is 10.2. The van der Waals surface area contributed by atoms with E-state index in [9.17, 15) is 9.18 Å². The molecule has 0 spiro atoms. The third-order valence-corrected chi connectivity index (χ3v) is 3.91. The minimum atomic E-state index is -0.512. The molecule has 1 fully saturated rings. The fourth-order valence-corrected chi connectivity index (χ4v) is 2.61. The van der Waals surface area contributed by atoms with E-state index >= 15 is 0 Å². The number of piperidine rings is 1.